The van der Waals surface area contributed by atoms with Crippen molar-refractivity contribution in [2.75, 3.05) is 5.43 Å². The van der Waals surface area contributed by atoms with Crippen LogP contribution in [-0.4, -0.2) is 20.8 Å². The number of hydrazone groups is 1. The second kappa shape index (κ2) is 5.98. The molecule has 2 aromatic heterocycles. The maximum absolute atomic E-state index is 6.01. The monoisotopic (exact) mass is 411 g/mol. The summed E-state index contributed by atoms with van der Waals surface area (Å²) in [7, 11) is 0. The third-order valence-electron chi connectivity index (χ3n) is 2.84. The molecule has 0 spiro atoms. The van der Waals surface area contributed by atoms with Crippen molar-refractivity contribution in [1.82, 2.24) is 14.6 Å². The highest BCUT2D eigenvalue weighted by Gasteiger charge is 2.08. The molecular weight excluding hydrogens is 401 g/mol. The van der Waals surface area contributed by atoms with Gasteiger partial charge in [0.1, 0.15) is 9.39 Å². The molecule has 0 aliphatic rings. The predicted octanol–water partition coefficient (Wildman–Crippen LogP) is 3.74. The Morgan fingerprint density at radius 2 is 2.24 bits per heavy atom. The molecule has 3 aromatic rings. The Morgan fingerprint density at radius 1 is 1.38 bits per heavy atom. The summed E-state index contributed by atoms with van der Waals surface area (Å²) >= 11 is 8.16. The van der Waals surface area contributed by atoms with Gasteiger partial charge >= 0.3 is 0 Å². The maximum atomic E-state index is 6.01. The molecule has 5 nitrogen and oxygen atoms in total. The van der Waals surface area contributed by atoms with Crippen molar-refractivity contribution < 1.29 is 0 Å². The largest absolute Gasteiger partial charge is 0.275 e. The molecule has 7 heteroatoms. The Balaban J connectivity index is 1.88. The van der Waals surface area contributed by atoms with Crippen LogP contribution in [0.1, 0.15) is 11.1 Å². The van der Waals surface area contributed by atoms with Gasteiger partial charge in [-0.1, -0.05) is 41.4 Å². The van der Waals surface area contributed by atoms with E-state index in [-0.39, 0.29) is 0 Å². The molecular formula is C14H11ClIN5. The van der Waals surface area contributed by atoms with Gasteiger partial charge in [-0.3, -0.25) is 5.43 Å². The van der Waals surface area contributed by atoms with Gasteiger partial charge in [-0.25, -0.2) is 9.50 Å². The first-order valence-corrected chi connectivity index (χ1v) is 7.65. The standard InChI is InChI=1S/C14H11ClIN5/c1-9-3-2-4-10(5-9)7-18-19-11-6-12(15)20-21-13(16)8-17-14(11)21/h2-8,19H,1H3/b18-7+. The number of fused-ring (bicyclic) bond motifs is 1. The number of aryl methyl sites for hydroxylation is 1. The second-order valence-electron chi connectivity index (χ2n) is 4.48. The van der Waals surface area contributed by atoms with Crippen molar-refractivity contribution in [3.8, 4) is 0 Å². The van der Waals surface area contributed by atoms with Gasteiger partial charge in [0.05, 0.1) is 12.4 Å². The molecule has 0 bridgehead atoms. The van der Waals surface area contributed by atoms with E-state index in [0.717, 1.165) is 9.26 Å². The molecule has 2 heterocycles. The van der Waals surface area contributed by atoms with Crippen LogP contribution in [-0.2, 0) is 0 Å². The lowest BCUT2D eigenvalue weighted by Gasteiger charge is -2.03. The van der Waals surface area contributed by atoms with Gasteiger partial charge in [0.25, 0.3) is 0 Å². The van der Waals surface area contributed by atoms with Gasteiger partial charge in [-0.05, 0) is 35.1 Å². The molecule has 1 N–H and O–H groups in total. The molecule has 0 saturated carbocycles. The second-order valence-corrected chi connectivity index (χ2v) is 5.97. The zero-order valence-electron chi connectivity index (χ0n) is 11.1. The fraction of sp³-hybridized carbons (Fsp3) is 0.0714. The minimum Gasteiger partial charge on any atom is -0.275 e. The Labute approximate surface area is 140 Å². The topological polar surface area (TPSA) is 54.6 Å². The molecule has 0 aliphatic carbocycles. The number of halogens is 2. The van der Waals surface area contributed by atoms with Crippen LogP contribution < -0.4 is 5.43 Å². The first kappa shape index (κ1) is 14.3. The highest BCUT2D eigenvalue weighted by molar-refractivity contribution is 14.1. The van der Waals surface area contributed by atoms with E-state index in [1.807, 2.05) is 25.1 Å². The van der Waals surface area contributed by atoms with E-state index in [4.69, 9.17) is 11.6 Å². The van der Waals surface area contributed by atoms with Gasteiger partial charge < -0.3 is 0 Å². The number of nitrogens with zero attached hydrogens (tertiary/aromatic N) is 4. The summed E-state index contributed by atoms with van der Waals surface area (Å²) in [6, 6.07) is 9.79. The molecule has 3 rings (SSSR count). The average Bonchev–Trinajstić information content (AvgIpc) is 2.81. The third kappa shape index (κ3) is 3.16. The summed E-state index contributed by atoms with van der Waals surface area (Å²) in [6.45, 7) is 2.05. The van der Waals surface area contributed by atoms with Gasteiger partial charge in [0.15, 0.2) is 10.8 Å². The quantitative estimate of drug-likeness (QED) is 0.406. The van der Waals surface area contributed by atoms with Gasteiger partial charge in [0.2, 0.25) is 0 Å². The number of imidazole rings is 1. The first-order valence-electron chi connectivity index (χ1n) is 6.19. The summed E-state index contributed by atoms with van der Waals surface area (Å²) in [6.07, 6.45) is 3.49. The normalized spacial score (nSPS) is 11.4. The van der Waals surface area contributed by atoms with Crippen molar-refractivity contribution in [1.29, 1.82) is 0 Å². The van der Waals surface area contributed by atoms with E-state index < -0.39 is 0 Å². The fourth-order valence-corrected chi connectivity index (χ4v) is 2.58. The van der Waals surface area contributed by atoms with Gasteiger partial charge in [0, 0.05) is 6.07 Å². The first-order chi connectivity index (χ1) is 10.1. The zero-order valence-corrected chi connectivity index (χ0v) is 14.0. The fourth-order valence-electron chi connectivity index (χ4n) is 1.92. The minimum absolute atomic E-state index is 0.381. The van der Waals surface area contributed by atoms with Gasteiger partial charge in [-0.2, -0.15) is 10.2 Å². The van der Waals surface area contributed by atoms with E-state index in [1.54, 1.807) is 23.0 Å². The molecule has 0 amide bonds. The zero-order chi connectivity index (χ0) is 14.8. The van der Waals surface area contributed by atoms with E-state index >= 15 is 0 Å². The Morgan fingerprint density at radius 3 is 3.05 bits per heavy atom. The maximum Gasteiger partial charge on any atom is 0.180 e. The lowest BCUT2D eigenvalue weighted by Crippen LogP contribution is -1.99. The minimum atomic E-state index is 0.381. The Kier molecular flexibility index (Phi) is 4.07. The van der Waals surface area contributed by atoms with E-state index in [2.05, 4.69) is 49.3 Å². The number of rotatable bonds is 3. The van der Waals surface area contributed by atoms with Crippen LogP contribution in [0.2, 0.25) is 5.15 Å². The molecule has 1 aromatic carbocycles. The molecule has 0 fully saturated rings. The Bertz CT molecular complexity index is 827. The number of nitrogens with one attached hydrogen (secondary N) is 1. The van der Waals surface area contributed by atoms with E-state index in [1.165, 1.54) is 5.56 Å². The summed E-state index contributed by atoms with van der Waals surface area (Å²) in [5.74, 6) is 0. The number of aromatic nitrogens is 3. The molecule has 21 heavy (non-hydrogen) atoms. The van der Waals surface area contributed by atoms with Crippen LogP contribution in [0.3, 0.4) is 0 Å². The summed E-state index contributed by atoms with van der Waals surface area (Å²) in [5.41, 5.74) is 6.58. The molecule has 0 saturated heterocycles. The predicted molar refractivity (Wildman–Crippen MR) is 93.1 cm³/mol. The number of benzene rings is 1. The van der Waals surface area contributed by atoms with Gasteiger partial charge in [-0.15, -0.1) is 0 Å². The number of anilines is 1. The molecule has 0 atom stereocenters. The summed E-state index contributed by atoms with van der Waals surface area (Å²) < 4.78 is 2.56. The van der Waals surface area contributed by atoms with E-state index in [0.29, 0.717) is 16.5 Å². The SMILES string of the molecule is Cc1cccc(/C=N/Nc2cc(Cl)nn3c(I)cnc23)c1. The van der Waals surface area contributed by atoms with Crippen molar-refractivity contribution in [3.63, 3.8) is 0 Å². The Hall–Kier alpha value is -1.67. The lowest BCUT2D eigenvalue weighted by atomic mass is 10.2. The van der Waals surface area contributed by atoms with Crippen LogP contribution in [0.25, 0.3) is 5.65 Å². The van der Waals surface area contributed by atoms with Crippen molar-refractivity contribution in [2.24, 2.45) is 5.10 Å². The number of hydrogen-bond donors (Lipinski definition) is 1. The average molecular weight is 412 g/mol. The van der Waals surface area contributed by atoms with Crippen LogP contribution in [0, 0.1) is 10.6 Å². The molecule has 0 unspecified atom stereocenters. The molecule has 0 aliphatic heterocycles. The third-order valence-corrected chi connectivity index (χ3v) is 3.76. The van der Waals surface area contributed by atoms with Crippen molar-refractivity contribution in [3.05, 3.63) is 56.5 Å². The van der Waals surface area contributed by atoms with E-state index in [9.17, 15) is 0 Å². The van der Waals surface area contributed by atoms with Crippen LogP contribution in [0.15, 0.2) is 41.6 Å². The number of hydrogen-bond acceptors (Lipinski definition) is 4. The highest BCUT2D eigenvalue weighted by Crippen LogP contribution is 2.20. The van der Waals surface area contributed by atoms with Crippen molar-refractivity contribution in [2.45, 2.75) is 6.92 Å². The highest BCUT2D eigenvalue weighted by atomic mass is 127. The lowest BCUT2D eigenvalue weighted by molar-refractivity contribution is 0.914. The molecule has 0 radical (unpaired) electrons. The van der Waals surface area contributed by atoms with Crippen LogP contribution >= 0.6 is 34.2 Å². The molecule has 106 valence electrons. The van der Waals surface area contributed by atoms with Crippen LogP contribution in [0.4, 0.5) is 5.69 Å². The summed E-state index contributed by atoms with van der Waals surface area (Å²) in [5, 5.41) is 8.81. The van der Waals surface area contributed by atoms with Crippen LogP contribution in [0.5, 0.6) is 0 Å². The smallest absolute Gasteiger partial charge is 0.180 e. The van der Waals surface area contributed by atoms with Crippen molar-refractivity contribution >= 4 is 51.7 Å². The summed E-state index contributed by atoms with van der Waals surface area (Å²) in [4.78, 5) is 4.30.